The summed E-state index contributed by atoms with van der Waals surface area (Å²) < 4.78 is 9.48. The van der Waals surface area contributed by atoms with Crippen molar-refractivity contribution in [3.05, 3.63) is 5.69 Å². The van der Waals surface area contributed by atoms with E-state index in [0.29, 0.717) is 12.5 Å². The van der Waals surface area contributed by atoms with Gasteiger partial charge in [0.05, 0.1) is 6.61 Å². The van der Waals surface area contributed by atoms with E-state index in [0.717, 1.165) is 17.3 Å². The molecule has 1 atom stereocenters. The van der Waals surface area contributed by atoms with Crippen molar-refractivity contribution in [1.82, 2.24) is 9.59 Å². The predicted molar refractivity (Wildman–Crippen MR) is 63.2 cm³/mol. The van der Waals surface area contributed by atoms with Crippen LogP contribution in [0.15, 0.2) is 0 Å². The van der Waals surface area contributed by atoms with Gasteiger partial charge < -0.3 is 10.1 Å². The molecule has 4 nitrogen and oxygen atoms in total. The first-order chi connectivity index (χ1) is 7.27. The molecule has 0 aliphatic heterocycles. The molecule has 5 heteroatoms. The Labute approximate surface area is 95.2 Å². The first-order valence-electron chi connectivity index (χ1n) is 5.34. The Balaban J connectivity index is 2.25. The van der Waals surface area contributed by atoms with Crippen LogP contribution in [-0.4, -0.2) is 23.2 Å². The quantitative estimate of drug-likeness (QED) is 0.780. The molecule has 0 radical (unpaired) electrons. The zero-order valence-corrected chi connectivity index (χ0v) is 10.4. The van der Waals surface area contributed by atoms with Crippen LogP contribution in [0.2, 0.25) is 0 Å². The van der Waals surface area contributed by atoms with Gasteiger partial charge in [-0.3, -0.25) is 0 Å². The molecule has 0 spiro atoms. The number of hydrogen-bond donors (Lipinski definition) is 1. The third kappa shape index (κ3) is 4.13. The molecule has 0 bridgehead atoms. The summed E-state index contributed by atoms with van der Waals surface area (Å²) in [6.07, 6.45) is 2.43. The van der Waals surface area contributed by atoms with Crippen molar-refractivity contribution in [3.8, 4) is 0 Å². The summed E-state index contributed by atoms with van der Waals surface area (Å²) in [5, 5.41) is 8.06. The largest absolute Gasteiger partial charge is 0.377 e. The fourth-order valence-corrected chi connectivity index (χ4v) is 1.94. The van der Waals surface area contributed by atoms with E-state index in [4.69, 9.17) is 4.74 Å². The minimum atomic E-state index is 0.556. The van der Waals surface area contributed by atoms with E-state index >= 15 is 0 Å². The number of anilines is 1. The number of aromatic nitrogens is 2. The smallest absolute Gasteiger partial charge is 0.135 e. The van der Waals surface area contributed by atoms with Gasteiger partial charge in [0.25, 0.3) is 0 Å². The van der Waals surface area contributed by atoms with E-state index in [1.54, 1.807) is 0 Å². The van der Waals surface area contributed by atoms with Gasteiger partial charge in [-0.1, -0.05) is 24.8 Å². The zero-order chi connectivity index (χ0) is 11.1. The van der Waals surface area contributed by atoms with Crippen LogP contribution < -0.4 is 5.32 Å². The highest BCUT2D eigenvalue weighted by Crippen LogP contribution is 2.17. The SMILES string of the molecule is CCCC(C)COCc1nnsc1NC. The molecular formula is C10H19N3OS. The lowest BCUT2D eigenvalue weighted by Gasteiger charge is -2.09. The van der Waals surface area contributed by atoms with Crippen LogP contribution in [0.1, 0.15) is 32.4 Å². The number of nitrogens with one attached hydrogen (secondary N) is 1. The highest BCUT2D eigenvalue weighted by molar-refractivity contribution is 7.10. The molecule has 1 rings (SSSR count). The van der Waals surface area contributed by atoms with Gasteiger partial charge >= 0.3 is 0 Å². The van der Waals surface area contributed by atoms with Gasteiger partial charge in [0.15, 0.2) is 0 Å². The van der Waals surface area contributed by atoms with Gasteiger partial charge in [-0.05, 0) is 12.3 Å². The van der Waals surface area contributed by atoms with Crippen molar-refractivity contribution in [1.29, 1.82) is 0 Å². The first-order valence-corrected chi connectivity index (χ1v) is 6.12. The summed E-state index contributed by atoms with van der Waals surface area (Å²) in [5.74, 6) is 0.625. The molecule has 86 valence electrons. The molecule has 0 saturated heterocycles. The molecule has 0 aromatic carbocycles. The summed E-state index contributed by atoms with van der Waals surface area (Å²) in [5.41, 5.74) is 0.909. The topological polar surface area (TPSA) is 47.0 Å². The summed E-state index contributed by atoms with van der Waals surface area (Å²) in [7, 11) is 1.87. The van der Waals surface area contributed by atoms with Crippen molar-refractivity contribution >= 4 is 16.5 Å². The number of rotatable bonds is 7. The van der Waals surface area contributed by atoms with Gasteiger partial charge in [-0.2, -0.15) is 0 Å². The number of hydrogen-bond acceptors (Lipinski definition) is 5. The summed E-state index contributed by atoms with van der Waals surface area (Å²) in [6.45, 7) is 5.76. The fraction of sp³-hybridized carbons (Fsp3) is 0.800. The molecule has 1 aromatic rings. The maximum absolute atomic E-state index is 5.60. The Morgan fingerprint density at radius 3 is 3.00 bits per heavy atom. The summed E-state index contributed by atoms with van der Waals surface area (Å²) >= 11 is 1.37. The average molecular weight is 229 g/mol. The Morgan fingerprint density at radius 2 is 2.33 bits per heavy atom. The second kappa shape index (κ2) is 6.74. The lowest BCUT2D eigenvalue weighted by Crippen LogP contribution is -2.06. The van der Waals surface area contributed by atoms with Crippen molar-refractivity contribution in [2.75, 3.05) is 19.0 Å². The Kier molecular flexibility index (Phi) is 5.57. The molecule has 15 heavy (non-hydrogen) atoms. The average Bonchev–Trinajstić information content (AvgIpc) is 2.66. The van der Waals surface area contributed by atoms with Crippen LogP contribution in [0.25, 0.3) is 0 Å². The monoisotopic (exact) mass is 229 g/mol. The minimum Gasteiger partial charge on any atom is -0.377 e. The summed E-state index contributed by atoms with van der Waals surface area (Å²) in [6, 6.07) is 0. The molecule has 0 amide bonds. The van der Waals surface area contributed by atoms with Crippen LogP contribution in [0.5, 0.6) is 0 Å². The van der Waals surface area contributed by atoms with Gasteiger partial charge in [0.1, 0.15) is 10.7 Å². The third-order valence-corrected chi connectivity index (χ3v) is 2.99. The Bertz CT molecular complexity index is 277. The molecular weight excluding hydrogens is 210 g/mol. The van der Waals surface area contributed by atoms with Crippen LogP contribution in [0, 0.1) is 5.92 Å². The molecule has 0 aliphatic carbocycles. The Hall–Kier alpha value is -0.680. The van der Waals surface area contributed by atoms with E-state index in [2.05, 4.69) is 28.8 Å². The van der Waals surface area contributed by atoms with Crippen molar-refractivity contribution in [2.24, 2.45) is 5.92 Å². The van der Waals surface area contributed by atoms with E-state index in [1.165, 1.54) is 24.4 Å². The fourth-order valence-electron chi connectivity index (χ4n) is 1.43. The van der Waals surface area contributed by atoms with Crippen LogP contribution in [-0.2, 0) is 11.3 Å². The predicted octanol–water partition coefficient (Wildman–Crippen LogP) is 2.53. The maximum Gasteiger partial charge on any atom is 0.135 e. The molecule has 1 heterocycles. The van der Waals surface area contributed by atoms with Crippen molar-refractivity contribution in [2.45, 2.75) is 33.3 Å². The molecule has 0 fully saturated rings. The van der Waals surface area contributed by atoms with E-state index in [9.17, 15) is 0 Å². The third-order valence-electron chi connectivity index (χ3n) is 2.21. The molecule has 1 N–H and O–H groups in total. The normalized spacial score (nSPS) is 12.7. The van der Waals surface area contributed by atoms with E-state index < -0.39 is 0 Å². The molecule has 0 saturated carbocycles. The van der Waals surface area contributed by atoms with E-state index in [-0.39, 0.29) is 0 Å². The standard InChI is InChI=1S/C10H19N3OS/c1-4-5-8(2)6-14-7-9-10(11-3)15-13-12-9/h8,11H,4-7H2,1-3H3. The van der Waals surface area contributed by atoms with E-state index in [1.807, 2.05) is 7.05 Å². The lowest BCUT2D eigenvalue weighted by molar-refractivity contribution is 0.0875. The Morgan fingerprint density at radius 1 is 1.53 bits per heavy atom. The van der Waals surface area contributed by atoms with Crippen molar-refractivity contribution < 1.29 is 4.74 Å². The van der Waals surface area contributed by atoms with Gasteiger partial charge in [-0.25, -0.2) is 0 Å². The maximum atomic E-state index is 5.60. The minimum absolute atomic E-state index is 0.556. The number of nitrogens with zero attached hydrogens (tertiary/aromatic N) is 2. The lowest BCUT2D eigenvalue weighted by atomic mass is 10.1. The van der Waals surface area contributed by atoms with Crippen molar-refractivity contribution in [3.63, 3.8) is 0 Å². The summed E-state index contributed by atoms with van der Waals surface area (Å²) in [4.78, 5) is 0. The molecule has 1 aromatic heterocycles. The second-order valence-electron chi connectivity index (χ2n) is 3.71. The van der Waals surface area contributed by atoms with Gasteiger partial charge in [-0.15, -0.1) is 5.10 Å². The first kappa shape index (κ1) is 12.4. The van der Waals surface area contributed by atoms with Crippen LogP contribution in [0.3, 0.4) is 0 Å². The zero-order valence-electron chi connectivity index (χ0n) is 9.62. The molecule has 1 unspecified atom stereocenters. The number of ether oxygens (including phenoxy) is 1. The van der Waals surface area contributed by atoms with Crippen LogP contribution >= 0.6 is 11.5 Å². The second-order valence-corrected chi connectivity index (χ2v) is 4.46. The van der Waals surface area contributed by atoms with Gasteiger partial charge in [0, 0.05) is 25.2 Å². The van der Waals surface area contributed by atoms with Crippen LogP contribution in [0.4, 0.5) is 5.00 Å². The highest BCUT2D eigenvalue weighted by atomic mass is 32.1. The molecule has 0 aliphatic rings. The van der Waals surface area contributed by atoms with Gasteiger partial charge in [0.2, 0.25) is 0 Å². The highest BCUT2D eigenvalue weighted by Gasteiger charge is 2.07.